The molecule has 1 saturated carbocycles. The summed E-state index contributed by atoms with van der Waals surface area (Å²) in [5, 5.41) is 0. The van der Waals surface area contributed by atoms with Crippen LogP contribution in [0.5, 0.6) is 0 Å². The average molecular weight is 273 g/mol. The molecule has 3 heteroatoms. The number of hydrogen-bond acceptors (Lipinski definition) is 3. The standard InChI is InChI=1S/C17H27N3/c1-19-10-12-20(13-11-19)17-8-4-15(5-9-17)14-2-6-16(18)7-3-14/h2-3,6-7,15,17H,4-5,8-13,18H2,1H3. The topological polar surface area (TPSA) is 32.5 Å². The smallest absolute Gasteiger partial charge is 0.0314 e. The summed E-state index contributed by atoms with van der Waals surface area (Å²) in [6, 6.07) is 9.35. The zero-order valence-electron chi connectivity index (χ0n) is 12.6. The molecule has 2 fully saturated rings. The maximum Gasteiger partial charge on any atom is 0.0314 e. The lowest BCUT2D eigenvalue weighted by Gasteiger charge is -2.41. The van der Waals surface area contributed by atoms with Crippen LogP contribution in [0.15, 0.2) is 24.3 Å². The highest BCUT2D eigenvalue weighted by molar-refractivity contribution is 5.40. The van der Waals surface area contributed by atoms with Gasteiger partial charge in [0, 0.05) is 37.9 Å². The van der Waals surface area contributed by atoms with Crippen LogP contribution in [-0.2, 0) is 0 Å². The zero-order chi connectivity index (χ0) is 13.9. The number of nitrogens with two attached hydrogens (primary N) is 1. The summed E-state index contributed by atoms with van der Waals surface area (Å²) in [4.78, 5) is 5.16. The number of hydrogen-bond donors (Lipinski definition) is 1. The molecule has 0 atom stereocenters. The fourth-order valence-corrected chi connectivity index (χ4v) is 3.73. The van der Waals surface area contributed by atoms with E-state index in [1.165, 1.54) is 57.4 Å². The third kappa shape index (κ3) is 3.15. The Bertz CT molecular complexity index is 412. The van der Waals surface area contributed by atoms with Crippen molar-refractivity contribution in [1.29, 1.82) is 0 Å². The van der Waals surface area contributed by atoms with Gasteiger partial charge in [-0.3, -0.25) is 4.90 Å². The molecule has 0 unspecified atom stereocenters. The van der Waals surface area contributed by atoms with E-state index in [9.17, 15) is 0 Å². The number of benzene rings is 1. The SMILES string of the molecule is CN1CCN(C2CCC(c3ccc(N)cc3)CC2)CC1. The second-order valence-corrected chi connectivity index (χ2v) is 6.51. The minimum absolute atomic E-state index is 0.749. The first-order valence-electron chi connectivity index (χ1n) is 8.00. The van der Waals surface area contributed by atoms with Gasteiger partial charge in [0.15, 0.2) is 0 Å². The predicted octanol–water partition coefficient (Wildman–Crippen LogP) is 2.54. The minimum atomic E-state index is 0.749. The predicted molar refractivity (Wildman–Crippen MR) is 84.9 cm³/mol. The first-order valence-corrected chi connectivity index (χ1v) is 8.00. The van der Waals surface area contributed by atoms with Crippen LogP contribution in [0.2, 0.25) is 0 Å². The summed E-state index contributed by atoms with van der Waals surface area (Å²) in [5.41, 5.74) is 8.13. The van der Waals surface area contributed by atoms with Crippen LogP contribution < -0.4 is 5.73 Å². The maximum absolute atomic E-state index is 5.78. The van der Waals surface area contributed by atoms with E-state index >= 15 is 0 Å². The Labute approximate surface area is 122 Å². The van der Waals surface area contributed by atoms with Crippen LogP contribution in [0, 0.1) is 0 Å². The van der Waals surface area contributed by atoms with Crippen LogP contribution in [0.1, 0.15) is 37.2 Å². The summed E-state index contributed by atoms with van der Waals surface area (Å²) in [6.07, 6.45) is 5.39. The van der Waals surface area contributed by atoms with Crippen LogP contribution >= 0.6 is 0 Å². The molecule has 2 N–H and O–H groups in total. The molecule has 0 spiro atoms. The van der Waals surface area contributed by atoms with Gasteiger partial charge in [-0.2, -0.15) is 0 Å². The van der Waals surface area contributed by atoms with Crippen molar-refractivity contribution in [3.63, 3.8) is 0 Å². The van der Waals surface area contributed by atoms with Gasteiger partial charge in [0.05, 0.1) is 0 Å². The Morgan fingerprint density at radius 2 is 1.50 bits per heavy atom. The molecule has 20 heavy (non-hydrogen) atoms. The summed E-state index contributed by atoms with van der Waals surface area (Å²) in [6.45, 7) is 4.98. The Kier molecular flexibility index (Phi) is 4.27. The van der Waals surface area contributed by atoms with Crippen molar-refractivity contribution in [3.8, 4) is 0 Å². The monoisotopic (exact) mass is 273 g/mol. The minimum Gasteiger partial charge on any atom is -0.399 e. The lowest BCUT2D eigenvalue weighted by Crippen LogP contribution is -2.49. The van der Waals surface area contributed by atoms with Gasteiger partial charge in [-0.1, -0.05) is 12.1 Å². The Balaban J connectivity index is 1.53. The fraction of sp³-hybridized carbons (Fsp3) is 0.647. The molecule has 0 amide bonds. The summed E-state index contributed by atoms with van der Waals surface area (Å²) < 4.78 is 0. The van der Waals surface area contributed by atoms with E-state index in [0.717, 1.165) is 17.6 Å². The van der Waals surface area contributed by atoms with E-state index in [0.29, 0.717) is 0 Å². The quantitative estimate of drug-likeness (QED) is 0.841. The molecular formula is C17H27N3. The Morgan fingerprint density at radius 3 is 2.10 bits per heavy atom. The summed E-state index contributed by atoms with van der Waals surface area (Å²) in [5.74, 6) is 0.749. The normalized spacial score (nSPS) is 29.4. The van der Waals surface area contributed by atoms with Crippen LogP contribution in [0.4, 0.5) is 5.69 Å². The zero-order valence-corrected chi connectivity index (χ0v) is 12.6. The molecule has 2 aliphatic rings. The van der Waals surface area contributed by atoms with E-state index < -0.39 is 0 Å². The van der Waals surface area contributed by atoms with Gasteiger partial charge >= 0.3 is 0 Å². The molecule has 1 heterocycles. The van der Waals surface area contributed by atoms with Crippen LogP contribution in [0.25, 0.3) is 0 Å². The highest BCUT2D eigenvalue weighted by Gasteiger charge is 2.28. The highest BCUT2D eigenvalue weighted by Crippen LogP contribution is 2.35. The molecule has 110 valence electrons. The van der Waals surface area contributed by atoms with Crippen molar-refractivity contribution in [3.05, 3.63) is 29.8 Å². The van der Waals surface area contributed by atoms with Gasteiger partial charge in [0.2, 0.25) is 0 Å². The maximum atomic E-state index is 5.78. The van der Waals surface area contributed by atoms with Gasteiger partial charge in [-0.15, -0.1) is 0 Å². The number of rotatable bonds is 2. The second-order valence-electron chi connectivity index (χ2n) is 6.51. The van der Waals surface area contributed by atoms with E-state index in [2.05, 4.69) is 29.0 Å². The highest BCUT2D eigenvalue weighted by atomic mass is 15.3. The molecule has 1 saturated heterocycles. The van der Waals surface area contributed by atoms with Crippen molar-refractivity contribution in [2.24, 2.45) is 0 Å². The van der Waals surface area contributed by atoms with Gasteiger partial charge in [-0.25, -0.2) is 0 Å². The lowest BCUT2D eigenvalue weighted by molar-refractivity contribution is 0.0878. The van der Waals surface area contributed by atoms with Crippen molar-refractivity contribution in [2.75, 3.05) is 39.0 Å². The molecule has 3 nitrogen and oxygen atoms in total. The summed E-state index contributed by atoms with van der Waals surface area (Å²) >= 11 is 0. The number of likely N-dealkylation sites (N-methyl/N-ethyl adjacent to an activating group) is 1. The third-order valence-corrected chi connectivity index (χ3v) is 5.16. The first kappa shape index (κ1) is 13.9. The van der Waals surface area contributed by atoms with Crippen LogP contribution in [-0.4, -0.2) is 49.1 Å². The molecule has 0 bridgehead atoms. The molecule has 0 aromatic heterocycles. The van der Waals surface area contributed by atoms with Gasteiger partial charge in [0.1, 0.15) is 0 Å². The molecule has 1 aliphatic heterocycles. The fourth-order valence-electron chi connectivity index (χ4n) is 3.73. The van der Waals surface area contributed by atoms with Crippen molar-refractivity contribution >= 4 is 5.69 Å². The molecule has 1 aromatic carbocycles. The lowest BCUT2D eigenvalue weighted by atomic mass is 9.81. The summed E-state index contributed by atoms with van der Waals surface area (Å²) in [7, 11) is 2.23. The number of piperazine rings is 1. The van der Waals surface area contributed by atoms with Crippen molar-refractivity contribution in [2.45, 2.75) is 37.6 Å². The van der Waals surface area contributed by atoms with Crippen LogP contribution in [0.3, 0.4) is 0 Å². The molecule has 1 aliphatic carbocycles. The largest absolute Gasteiger partial charge is 0.399 e. The number of anilines is 1. The number of nitrogens with zero attached hydrogens (tertiary/aromatic N) is 2. The van der Waals surface area contributed by atoms with E-state index in [-0.39, 0.29) is 0 Å². The average Bonchev–Trinajstić information content (AvgIpc) is 2.49. The molecule has 3 rings (SSSR count). The first-order chi connectivity index (χ1) is 9.72. The van der Waals surface area contributed by atoms with Crippen molar-refractivity contribution < 1.29 is 0 Å². The molecule has 0 radical (unpaired) electrons. The second kappa shape index (κ2) is 6.15. The molecular weight excluding hydrogens is 246 g/mol. The van der Waals surface area contributed by atoms with E-state index in [1.54, 1.807) is 0 Å². The van der Waals surface area contributed by atoms with E-state index in [4.69, 9.17) is 5.73 Å². The molecule has 1 aromatic rings. The Hall–Kier alpha value is -1.06. The number of nitrogen functional groups attached to an aromatic ring is 1. The van der Waals surface area contributed by atoms with Gasteiger partial charge in [-0.05, 0) is 56.3 Å². The van der Waals surface area contributed by atoms with E-state index in [1.807, 2.05) is 12.1 Å². The third-order valence-electron chi connectivity index (χ3n) is 5.16. The van der Waals surface area contributed by atoms with Gasteiger partial charge in [0.25, 0.3) is 0 Å². The van der Waals surface area contributed by atoms with Gasteiger partial charge < -0.3 is 10.6 Å². The Morgan fingerprint density at radius 1 is 0.900 bits per heavy atom. The van der Waals surface area contributed by atoms with Crippen molar-refractivity contribution in [1.82, 2.24) is 9.80 Å².